The lowest BCUT2D eigenvalue weighted by Gasteiger charge is -1.83. The highest BCUT2D eigenvalue weighted by atomic mass is 16.4. The second kappa shape index (κ2) is 6.06. The standard InChI is InChI=1S/C8H9NO2.C2H6/c1-3-5-7-6(4-2)9-8(10)11-7;1-2/h3-5H,2H2,1H3,(H,9,10);1-2H3/b5-3-;. The highest BCUT2D eigenvalue weighted by Gasteiger charge is 2.00. The van der Waals surface area contributed by atoms with E-state index in [1.54, 1.807) is 18.2 Å². The number of oxazole rings is 1. The zero-order valence-electron chi connectivity index (χ0n) is 8.26. The number of hydrogen-bond acceptors (Lipinski definition) is 2. The van der Waals surface area contributed by atoms with Gasteiger partial charge >= 0.3 is 5.76 Å². The molecule has 0 amide bonds. The van der Waals surface area contributed by atoms with E-state index in [-0.39, 0.29) is 0 Å². The fourth-order valence-electron chi connectivity index (χ4n) is 0.779. The first-order valence-corrected chi connectivity index (χ1v) is 4.26. The summed E-state index contributed by atoms with van der Waals surface area (Å²) in [6, 6.07) is 0. The molecule has 0 fully saturated rings. The van der Waals surface area contributed by atoms with E-state index in [9.17, 15) is 4.79 Å². The van der Waals surface area contributed by atoms with E-state index in [0.29, 0.717) is 11.5 Å². The van der Waals surface area contributed by atoms with Crippen LogP contribution in [0.2, 0.25) is 0 Å². The van der Waals surface area contributed by atoms with Crippen LogP contribution in [0.1, 0.15) is 32.2 Å². The van der Waals surface area contributed by atoms with Crippen LogP contribution in [-0.4, -0.2) is 4.98 Å². The predicted molar refractivity (Wildman–Crippen MR) is 55.5 cm³/mol. The van der Waals surface area contributed by atoms with Crippen LogP contribution in [0.4, 0.5) is 0 Å². The molecule has 72 valence electrons. The van der Waals surface area contributed by atoms with E-state index < -0.39 is 5.76 Å². The summed E-state index contributed by atoms with van der Waals surface area (Å²) in [7, 11) is 0. The Balaban J connectivity index is 0.000000671. The number of nitrogens with one attached hydrogen (secondary N) is 1. The second-order valence-electron chi connectivity index (χ2n) is 2.00. The van der Waals surface area contributed by atoms with Gasteiger partial charge in [-0.2, -0.15) is 0 Å². The van der Waals surface area contributed by atoms with Gasteiger partial charge < -0.3 is 4.42 Å². The molecule has 0 unspecified atom stereocenters. The van der Waals surface area contributed by atoms with Crippen molar-refractivity contribution in [1.82, 2.24) is 4.98 Å². The summed E-state index contributed by atoms with van der Waals surface area (Å²) in [5, 5.41) is 0. The van der Waals surface area contributed by atoms with Crippen molar-refractivity contribution < 1.29 is 4.42 Å². The van der Waals surface area contributed by atoms with Crippen molar-refractivity contribution >= 4 is 12.2 Å². The third-order valence-electron chi connectivity index (χ3n) is 1.23. The summed E-state index contributed by atoms with van der Waals surface area (Å²) in [6.07, 6.45) is 5.04. The molecule has 0 atom stereocenters. The highest BCUT2D eigenvalue weighted by Crippen LogP contribution is 2.06. The van der Waals surface area contributed by atoms with Gasteiger partial charge in [-0.3, -0.25) is 4.98 Å². The Hall–Kier alpha value is -1.51. The van der Waals surface area contributed by atoms with Crippen molar-refractivity contribution in [3.63, 3.8) is 0 Å². The minimum atomic E-state index is -0.451. The zero-order valence-corrected chi connectivity index (χ0v) is 8.26. The van der Waals surface area contributed by atoms with Gasteiger partial charge in [0.25, 0.3) is 0 Å². The van der Waals surface area contributed by atoms with E-state index in [2.05, 4.69) is 11.6 Å². The number of aromatic nitrogens is 1. The molecule has 0 spiro atoms. The van der Waals surface area contributed by atoms with Gasteiger partial charge in [-0.1, -0.05) is 26.5 Å². The lowest BCUT2D eigenvalue weighted by Crippen LogP contribution is -1.94. The molecule has 1 N–H and O–H groups in total. The Bertz CT molecular complexity index is 331. The molecule has 0 aliphatic carbocycles. The van der Waals surface area contributed by atoms with Gasteiger partial charge in [0, 0.05) is 0 Å². The molecule has 3 nitrogen and oxygen atoms in total. The largest absolute Gasteiger partial charge is 0.417 e. The van der Waals surface area contributed by atoms with Crippen molar-refractivity contribution in [1.29, 1.82) is 0 Å². The van der Waals surface area contributed by atoms with Gasteiger partial charge in [-0.25, -0.2) is 4.79 Å². The Kier molecular flexibility index (Phi) is 5.35. The van der Waals surface area contributed by atoms with Gasteiger partial charge in [-0.15, -0.1) is 0 Å². The van der Waals surface area contributed by atoms with Crippen molar-refractivity contribution in [2.24, 2.45) is 0 Å². The monoisotopic (exact) mass is 181 g/mol. The quantitative estimate of drug-likeness (QED) is 0.762. The number of rotatable bonds is 2. The molecular formula is C10H15NO2. The number of H-pyrrole nitrogens is 1. The maximum Gasteiger partial charge on any atom is 0.417 e. The summed E-state index contributed by atoms with van der Waals surface area (Å²) < 4.78 is 4.78. The predicted octanol–water partition coefficient (Wildman–Crippen LogP) is 2.67. The van der Waals surface area contributed by atoms with Gasteiger partial charge in [0.15, 0.2) is 5.76 Å². The molecule has 0 bridgehead atoms. The van der Waals surface area contributed by atoms with Crippen molar-refractivity contribution in [3.05, 3.63) is 34.7 Å². The van der Waals surface area contributed by atoms with E-state index in [1.165, 1.54) is 0 Å². The first kappa shape index (κ1) is 11.5. The molecule has 13 heavy (non-hydrogen) atoms. The summed E-state index contributed by atoms with van der Waals surface area (Å²) >= 11 is 0. The fraction of sp³-hybridized carbons (Fsp3) is 0.300. The second-order valence-corrected chi connectivity index (χ2v) is 2.00. The molecule has 0 aliphatic rings. The van der Waals surface area contributed by atoms with Gasteiger partial charge in [0.1, 0.15) is 0 Å². The van der Waals surface area contributed by atoms with Gasteiger partial charge in [0.2, 0.25) is 0 Å². The van der Waals surface area contributed by atoms with Crippen LogP contribution < -0.4 is 5.76 Å². The molecule has 1 heterocycles. The third-order valence-corrected chi connectivity index (χ3v) is 1.23. The minimum absolute atomic E-state index is 0.451. The van der Waals surface area contributed by atoms with Gasteiger partial charge in [0.05, 0.1) is 5.69 Å². The SMILES string of the molecule is C=Cc1[nH]c(=O)oc1/C=C\C.CC. The van der Waals surface area contributed by atoms with E-state index in [4.69, 9.17) is 4.42 Å². The van der Waals surface area contributed by atoms with E-state index >= 15 is 0 Å². The fourth-order valence-corrected chi connectivity index (χ4v) is 0.779. The highest BCUT2D eigenvalue weighted by molar-refractivity contribution is 5.56. The van der Waals surface area contributed by atoms with Crippen molar-refractivity contribution in [3.8, 4) is 0 Å². The normalized spacial score (nSPS) is 9.46. The van der Waals surface area contributed by atoms with Crippen LogP contribution >= 0.6 is 0 Å². The molecule has 0 aliphatic heterocycles. The summed E-state index contributed by atoms with van der Waals surface area (Å²) in [5.74, 6) is 0.0699. The van der Waals surface area contributed by atoms with Gasteiger partial charge in [-0.05, 0) is 19.1 Å². The topological polar surface area (TPSA) is 46.0 Å². The summed E-state index contributed by atoms with van der Waals surface area (Å²) in [6.45, 7) is 9.37. The van der Waals surface area contributed by atoms with Crippen molar-refractivity contribution in [2.45, 2.75) is 20.8 Å². The van der Waals surface area contributed by atoms with Crippen molar-refractivity contribution in [2.75, 3.05) is 0 Å². The van der Waals surface area contributed by atoms with Crippen LogP contribution in [0.5, 0.6) is 0 Å². The maximum absolute atomic E-state index is 10.6. The Morgan fingerprint density at radius 1 is 1.46 bits per heavy atom. The molecule has 3 heteroatoms. The Labute approximate surface area is 77.8 Å². The van der Waals surface area contributed by atoms with Crippen LogP contribution in [-0.2, 0) is 0 Å². The molecular weight excluding hydrogens is 166 g/mol. The first-order valence-electron chi connectivity index (χ1n) is 4.26. The van der Waals surface area contributed by atoms with E-state index in [0.717, 1.165) is 0 Å². The molecule has 1 rings (SSSR count). The minimum Gasteiger partial charge on any atom is -0.408 e. The summed E-state index contributed by atoms with van der Waals surface area (Å²) in [5.41, 5.74) is 0.619. The summed E-state index contributed by atoms with van der Waals surface area (Å²) in [4.78, 5) is 13.1. The van der Waals surface area contributed by atoms with Crippen LogP contribution in [0.15, 0.2) is 21.9 Å². The molecule has 0 saturated heterocycles. The Morgan fingerprint density at radius 2 is 2.08 bits per heavy atom. The first-order chi connectivity index (χ1) is 6.27. The third kappa shape index (κ3) is 3.15. The zero-order chi connectivity index (χ0) is 10.3. The molecule has 1 aromatic rings. The molecule has 1 aromatic heterocycles. The number of hydrogen-bond donors (Lipinski definition) is 1. The molecule has 0 radical (unpaired) electrons. The maximum atomic E-state index is 10.6. The average Bonchev–Trinajstić information content (AvgIpc) is 2.50. The smallest absolute Gasteiger partial charge is 0.408 e. The lowest BCUT2D eigenvalue weighted by atomic mass is 10.3. The molecule has 0 saturated carbocycles. The Morgan fingerprint density at radius 3 is 2.54 bits per heavy atom. The average molecular weight is 181 g/mol. The van der Waals surface area contributed by atoms with Crippen LogP contribution in [0, 0.1) is 0 Å². The van der Waals surface area contributed by atoms with E-state index in [1.807, 2.05) is 20.8 Å². The molecule has 0 aromatic carbocycles. The lowest BCUT2D eigenvalue weighted by molar-refractivity contribution is 0.506. The van der Waals surface area contributed by atoms with Crippen LogP contribution in [0.3, 0.4) is 0 Å². The number of allylic oxidation sites excluding steroid dienone is 1. The van der Waals surface area contributed by atoms with Crippen LogP contribution in [0.25, 0.3) is 12.2 Å². The number of aromatic amines is 1.